The van der Waals surface area contributed by atoms with Crippen molar-refractivity contribution in [2.75, 3.05) is 19.6 Å². The lowest BCUT2D eigenvalue weighted by Crippen LogP contribution is -2.44. The first-order valence-corrected chi connectivity index (χ1v) is 9.25. The highest BCUT2D eigenvalue weighted by molar-refractivity contribution is 5.95. The molecule has 1 aromatic heterocycles. The maximum Gasteiger partial charge on any atom is 0.253 e. The van der Waals surface area contributed by atoms with Gasteiger partial charge in [-0.25, -0.2) is 0 Å². The molecule has 0 saturated carbocycles. The summed E-state index contributed by atoms with van der Waals surface area (Å²) in [5.41, 5.74) is 4.62. The standard InChI is InChI=1S/C22H27N3O/c1-4-13-25-14-11-19(12-15-25)24-22(26)20-9-10-21(23-17(20)3)18-7-5-16(2)6-8-18/h4-10,19H,1,11-15H2,2-3H3,(H,24,26). The Morgan fingerprint density at radius 1 is 1.19 bits per heavy atom. The number of hydrogen-bond donors (Lipinski definition) is 1. The Kier molecular flexibility index (Phi) is 5.84. The summed E-state index contributed by atoms with van der Waals surface area (Å²) in [6.45, 7) is 10.7. The van der Waals surface area contributed by atoms with Crippen LogP contribution in [0.2, 0.25) is 0 Å². The van der Waals surface area contributed by atoms with Gasteiger partial charge in [-0.3, -0.25) is 14.7 Å². The van der Waals surface area contributed by atoms with Crippen LogP contribution in [0.1, 0.15) is 34.5 Å². The lowest BCUT2D eigenvalue weighted by molar-refractivity contribution is 0.0913. The van der Waals surface area contributed by atoms with Crippen molar-refractivity contribution in [3.63, 3.8) is 0 Å². The fourth-order valence-corrected chi connectivity index (χ4v) is 3.39. The molecule has 1 aromatic carbocycles. The van der Waals surface area contributed by atoms with E-state index in [0.29, 0.717) is 5.56 Å². The van der Waals surface area contributed by atoms with Crippen LogP contribution in [0.15, 0.2) is 49.1 Å². The third-order valence-electron chi connectivity index (χ3n) is 4.99. The molecule has 1 aliphatic rings. The van der Waals surface area contributed by atoms with Crippen molar-refractivity contribution in [3.8, 4) is 11.3 Å². The number of aromatic nitrogens is 1. The number of rotatable bonds is 5. The quantitative estimate of drug-likeness (QED) is 0.836. The highest BCUT2D eigenvalue weighted by atomic mass is 16.1. The summed E-state index contributed by atoms with van der Waals surface area (Å²) >= 11 is 0. The minimum Gasteiger partial charge on any atom is -0.349 e. The van der Waals surface area contributed by atoms with Gasteiger partial charge in [0.05, 0.1) is 17.0 Å². The van der Waals surface area contributed by atoms with Crippen LogP contribution in [0.4, 0.5) is 0 Å². The molecule has 2 aromatic rings. The molecule has 4 nitrogen and oxygen atoms in total. The zero-order valence-electron chi connectivity index (χ0n) is 15.7. The second kappa shape index (κ2) is 8.28. The van der Waals surface area contributed by atoms with Gasteiger partial charge < -0.3 is 5.32 Å². The molecule has 4 heteroatoms. The smallest absolute Gasteiger partial charge is 0.253 e. The molecule has 0 aliphatic carbocycles. The van der Waals surface area contributed by atoms with Gasteiger partial charge in [0.1, 0.15) is 0 Å². The number of likely N-dealkylation sites (tertiary alicyclic amines) is 1. The predicted octanol–water partition coefficient (Wildman–Crippen LogP) is 3.75. The average Bonchev–Trinajstić information content (AvgIpc) is 2.64. The van der Waals surface area contributed by atoms with Crippen molar-refractivity contribution in [3.05, 3.63) is 65.9 Å². The normalized spacial score (nSPS) is 15.6. The number of aryl methyl sites for hydroxylation is 2. The number of benzene rings is 1. The van der Waals surface area contributed by atoms with Crippen LogP contribution in [0.5, 0.6) is 0 Å². The topological polar surface area (TPSA) is 45.2 Å². The van der Waals surface area contributed by atoms with Crippen LogP contribution in [-0.2, 0) is 0 Å². The predicted molar refractivity (Wildman–Crippen MR) is 106 cm³/mol. The average molecular weight is 349 g/mol. The number of piperidine rings is 1. The van der Waals surface area contributed by atoms with Crippen molar-refractivity contribution < 1.29 is 4.79 Å². The largest absolute Gasteiger partial charge is 0.349 e. The summed E-state index contributed by atoms with van der Waals surface area (Å²) in [6, 6.07) is 12.3. The van der Waals surface area contributed by atoms with Crippen LogP contribution in [0.3, 0.4) is 0 Å². The Morgan fingerprint density at radius 3 is 2.50 bits per heavy atom. The van der Waals surface area contributed by atoms with Crippen molar-refractivity contribution in [1.29, 1.82) is 0 Å². The zero-order chi connectivity index (χ0) is 18.5. The van der Waals surface area contributed by atoms with E-state index in [1.807, 2.05) is 25.1 Å². The molecule has 0 bridgehead atoms. The molecule has 1 amide bonds. The first-order valence-electron chi connectivity index (χ1n) is 9.25. The maximum absolute atomic E-state index is 12.7. The SMILES string of the molecule is C=CCN1CCC(NC(=O)c2ccc(-c3ccc(C)cc3)nc2C)CC1. The van der Waals surface area contributed by atoms with E-state index in [-0.39, 0.29) is 11.9 Å². The zero-order valence-corrected chi connectivity index (χ0v) is 15.7. The minimum atomic E-state index is -0.0207. The third kappa shape index (κ3) is 4.38. The van der Waals surface area contributed by atoms with Gasteiger partial charge in [-0.1, -0.05) is 35.9 Å². The third-order valence-corrected chi connectivity index (χ3v) is 4.99. The molecule has 3 rings (SSSR count). The van der Waals surface area contributed by atoms with Gasteiger partial charge in [-0.05, 0) is 38.8 Å². The van der Waals surface area contributed by atoms with Gasteiger partial charge in [0.2, 0.25) is 0 Å². The van der Waals surface area contributed by atoms with E-state index in [0.717, 1.165) is 49.4 Å². The minimum absolute atomic E-state index is 0.0207. The number of nitrogens with one attached hydrogen (secondary N) is 1. The summed E-state index contributed by atoms with van der Waals surface area (Å²) in [6.07, 6.45) is 3.89. The highest BCUT2D eigenvalue weighted by Crippen LogP contribution is 2.20. The van der Waals surface area contributed by atoms with Gasteiger partial charge >= 0.3 is 0 Å². The van der Waals surface area contributed by atoms with E-state index >= 15 is 0 Å². The molecule has 1 saturated heterocycles. The Morgan fingerprint density at radius 2 is 1.88 bits per heavy atom. The Balaban J connectivity index is 1.65. The molecule has 2 heterocycles. The fourth-order valence-electron chi connectivity index (χ4n) is 3.39. The molecule has 1 aliphatic heterocycles. The van der Waals surface area contributed by atoms with E-state index in [1.54, 1.807) is 0 Å². The molecular weight excluding hydrogens is 322 g/mol. The number of carbonyl (C=O) groups excluding carboxylic acids is 1. The first kappa shape index (κ1) is 18.3. The molecule has 0 atom stereocenters. The van der Waals surface area contributed by atoms with E-state index in [2.05, 4.69) is 53.0 Å². The second-order valence-electron chi connectivity index (χ2n) is 7.03. The number of hydrogen-bond acceptors (Lipinski definition) is 3. The van der Waals surface area contributed by atoms with Gasteiger partial charge in [0, 0.05) is 31.2 Å². The Hall–Kier alpha value is -2.46. The van der Waals surface area contributed by atoms with Crippen molar-refractivity contribution >= 4 is 5.91 Å². The Labute approximate surface area is 155 Å². The van der Waals surface area contributed by atoms with Gasteiger partial charge in [0.25, 0.3) is 5.91 Å². The van der Waals surface area contributed by atoms with Crippen molar-refractivity contribution in [1.82, 2.24) is 15.2 Å². The van der Waals surface area contributed by atoms with Crippen LogP contribution >= 0.6 is 0 Å². The molecule has 136 valence electrons. The molecule has 0 unspecified atom stereocenters. The summed E-state index contributed by atoms with van der Waals surface area (Å²) < 4.78 is 0. The van der Waals surface area contributed by atoms with Crippen molar-refractivity contribution in [2.24, 2.45) is 0 Å². The van der Waals surface area contributed by atoms with E-state index in [4.69, 9.17) is 0 Å². The number of nitrogens with zero attached hydrogens (tertiary/aromatic N) is 2. The lowest BCUT2D eigenvalue weighted by Gasteiger charge is -2.31. The molecular formula is C22H27N3O. The van der Waals surface area contributed by atoms with E-state index in [1.165, 1.54) is 5.56 Å². The Bertz CT molecular complexity index is 774. The summed E-state index contributed by atoms with van der Waals surface area (Å²) in [7, 11) is 0. The maximum atomic E-state index is 12.7. The number of amides is 1. The molecule has 1 fully saturated rings. The van der Waals surface area contributed by atoms with Crippen LogP contribution in [0, 0.1) is 13.8 Å². The highest BCUT2D eigenvalue weighted by Gasteiger charge is 2.21. The molecule has 0 spiro atoms. The van der Waals surface area contributed by atoms with Gasteiger partial charge in [0.15, 0.2) is 0 Å². The number of carbonyl (C=O) groups is 1. The monoisotopic (exact) mass is 349 g/mol. The van der Waals surface area contributed by atoms with Crippen LogP contribution < -0.4 is 5.32 Å². The van der Waals surface area contributed by atoms with Crippen molar-refractivity contribution in [2.45, 2.75) is 32.7 Å². The fraction of sp³-hybridized carbons (Fsp3) is 0.364. The lowest BCUT2D eigenvalue weighted by atomic mass is 10.0. The summed E-state index contributed by atoms with van der Waals surface area (Å²) in [4.78, 5) is 19.7. The second-order valence-corrected chi connectivity index (χ2v) is 7.03. The van der Waals surface area contributed by atoms with Gasteiger partial charge in [-0.2, -0.15) is 0 Å². The summed E-state index contributed by atoms with van der Waals surface area (Å²) in [5.74, 6) is -0.0207. The molecule has 1 N–H and O–H groups in total. The molecule has 0 radical (unpaired) electrons. The van der Waals surface area contributed by atoms with Gasteiger partial charge in [-0.15, -0.1) is 6.58 Å². The summed E-state index contributed by atoms with van der Waals surface area (Å²) in [5, 5.41) is 3.17. The van der Waals surface area contributed by atoms with E-state index in [9.17, 15) is 4.79 Å². The first-order chi connectivity index (χ1) is 12.6. The molecule has 26 heavy (non-hydrogen) atoms. The van der Waals surface area contributed by atoms with Crippen LogP contribution in [-0.4, -0.2) is 41.5 Å². The number of pyridine rings is 1. The van der Waals surface area contributed by atoms with E-state index < -0.39 is 0 Å². The van der Waals surface area contributed by atoms with Crippen LogP contribution in [0.25, 0.3) is 11.3 Å².